The lowest BCUT2D eigenvalue weighted by atomic mass is 10.0. The Morgan fingerprint density at radius 1 is 1.25 bits per heavy atom. The predicted octanol–water partition coefficient (Wildman–Crippen LogP) is 3.88. The molecule has 3 heteroatoms. The zero-order valence-electron chi connectivity index (χ0n) is 19.8. The van der Waals surface area contributed by atoms with Crippen LogP contribution in [-0.2, 0) is 25.9 Å². The summed E-state index contributed by atoms with van der Waals surface area (Å²) in [6.45, 7) is -0.572. The molecule has 0 saturated heterocycles. The topological polar surface area (TPSA) is 21.1 Å². The van der Waals surface area contributed by atoms with Crippen LogP contribution in [0.3, 0.4) is 0 Å². The van der Waals surface area contributed by atoms with E-state index >= 15 is 0 Å². The number of rotatable bonds is 3. The van der Waals surface area contributed by atoms with Gasteiger partial charge in [-0.1, -0.05) is 17.7 Å². The Balaban J connectivity index is 1.65. The molecule has 124 valence electrons. The predicted molar refractivity (Wildman–Crippen MR) is 99.4 cm³/mol. The number of likely N-dealkylation sites (N-methyl/N-ethyl adjacent to an activating group) is 1. The van der Waals surface area contributed by atoms with E-state index in [9.17, 15) is 0 Å². The summed E-state index contributed by atoms with van der Waals surface area (Å²) in [6.07, 6.45) is 3.05. The van der Waals surface area contributed by atoms with Crippen molar-refractivity contribution in [1.82, 2.24) is 14.5 Å². The number of hydrogen-bond acceptors (Lipinski definition) is 2. The van der Waals surface area contributed by atoms with Gasteiger partial charge in [-0.2, -0.15) is 0 Å². The minimum Gasteiger partial charge on any atom is -0.344 e. The van der Waals surface area contributed by atoms with Crippen LogP contribution < -0.4 is 0 Å². The largest absolute Gasteiger partial charge is 0.344 e. The summed E-state index contributed by atoms with van der Waals surface area (Å²) in [7, 11) is 0. The van der Waals surface area contributed by atoms with Gasteiger partial charge >= 0.3 is 0 Å². The Kier molecular flexibility index (Phi) is 2.52. The van der Waals surface area contributed by atoms with Crippen LogP contribution in [-0.4, -0.2) is 28.0 Å². The zero-order valence-corrected chi connectivity index (χ0v) is 13.8. The van der Waals surface area contributed by atoms with Gasteiger partial charge in [-0.25, -0.2) is 0 Å². The molecule has 0 aliphatic carbocycles. The number of fused-ring (bicyclic) bond motifs is 3. The lowest BCUT2D eigenvalue weighted by molar-refractivity contribution is 0.309. The Morgan fingerprint density at radius 3 is 3.00 bits per heavy atom. The maximum Gasteiger partial charge on any atom is 0.0486 e. The summed E-state index contributed by atoms with van der Waals surface area (Å²) in [5.74, 6) is 0. The van der Waals surface area contributed by atoms with Crippen molar-refractivity contribution in [2.45, 2.75) is 39.7 Å². The second kappa shape index (κ2) is 6.06. The first-order valence-corrected chi connectivity index (χ1v) is 8.35. The van der Waals surface area contributed by atoms with Crippen LogP contribution in [0.5, 0.6) is 0 Å². The standard InChI is InChI=1S/C21H25N3/c1-15-4-7-20-18(12-15)19-14-23(3)10-9-21(19)24(20)11-8-17-6-5-16(2)22-13-17/h4-7,12-13H,8-11,14H2,1-3H3/i2D3,3D3. The minimum absolute atomic E-state index is 0.107. The monoisotopic (exact) mass is 325 g/mol. The summed E-state index contributed by atoms with van der Waals surface area (Å²) in [4.78, 5) is 5.68. The first kappa shape index (κ1) is 10.00. The van der Waals surface area contributed by atoms with E-state index in [1.807, 2.05) is 13.0 Å². The van der Waals surface area contributed by atoms with Crippen molar-refractivity contribution in [3.63, 3.8) is 0 Å². The van der Waals surface area contributed by atoms with Crippen LogP contribution in [0.1, 0.15) is 36.3 Å². The van der Waals surface area contributed by atoms with Crippen molar-refractivity contribution in [2.75, 3.05) is 13.5 Å². The van der Waals surface area contributed by atoms with Crippen molar-refractivity contribution in [3.8, 4) is 0 Å². The fourth-order valence-corrected chi connectivity index (χ4v) is 3.63. The molecule has 0 amide bonds. The molecule has 0 fully saturated rings. The molecule has 4 rings (SSSR count). The lowest BCUT2D eigenvalue weighted by Crippen LogP contribution is -2.27. The minimum atomic E-state index is -2.19. The van der Waals surface area contributed by atoms with E-state index < -0.39 is 13.8 Å². The van der Waals surface area contributed by atoms with Gasteiger partial charge in [0.15, 0.2) is 0 Å². The first-order chi connectivity index (χ1) is 14.0. The number of pyridine rings is 1. The van der Waals surface area contributed by atoms with Gasteiger partial charge in [-0.3, -0.25) is 4.98 Å². The van der Waals surface area contributed by atoms with Crippen LogP contribution in [0.4, 0.5) is 0 Å². The van der Waals surface area contributed by atoms with Gasteiger partial charge in [0.05, 0.1) is 0 Å². The van der Waals surface area contributed by atoms with Crippen molar-refractivity contribution in [1.29, 1.82) is 0 Å². The van der Waals surface area contributed by atoms with E-state index in [1.165, 1.54) is 5.69 Å². The second-order valence-corrected chi connectivity index (χ2v) is 6.57. The molecule has 0 atom stereocenters. The van der Waals surface area contributed by atoms with E-state index in [1.54, 1.807) is 17.2 Å². The first-order valence-electron chi connectivity index (χ1n) is 11.3. The highest BCUT2D eigenvalue weighted by molar-refractivity contribution is 5.86. The average Bonchev–Trinajstić information content (AvgIpc) is 2.97. The van der Waals surface area contributed by atoms with Gasteiger partial charge in [0.25, 0.3) is 0 Å². The Labute approximate surface area is 152 Å². The third-order valence-electron chi connectivity index (χ3n) is 4.86. The second-order valence-electron chi connectivity index (χ2n) is 6.57. The molecule has 1 aliphatic rings. The highest BCUT2D eigenvalue weighted by Crippen LogP contribution is 2.31. The summed E-state index contributed by atoms with van der Waals surface area (Å²) >= 11 is 0. The molecule has 0 N–H and O–H groups in total. The molecule has 0 bridgehead atoms. The molecule has 2 aromatic heterocycles. The summed E-state index contributed by atoms with van der Waals surface area (Å²) in [5, 5.41) is 1.12. The van der Waals surface area contributed by atoms with Crippen molar-refractivity contribution >= 4 is 10.9 Å². The highest BCUT2D eigenvalue weighted by atomic mass is 15.1. The van der Waals surface area contributed by atoms with E-state index in [-0.39, 0.29) is 5.69 Å². The van der Waals surface area contributed by atoms with E-state index in [4.69, 9.17) is 8.22 Å². The van der Waals surface area contributed by atoms with E-state index in [0.29, 0.717) is 19.5 Å². The molecule has 3 nitrogen and oxygen atoms in total. The SMILES string of the molecule is [2H]C([2H])([2H])c1ccc(CCn2c3c(c4cc(C)ccc42)CN(C([2H])([2H])[2H])CC3)cn1. The number of aromatic nitrogens is 2. The number of benzene rings is 1. The molecule has 24 heavy (non-hydrogen) atoms. The lowest BCUT2D eigenvalue weighted by Gasteiger charge is -2.24. The van der Waals surface area contributed by atoms with E-state index in [0.717, 1.165) is 40.6 Å². The Bertz CT molecular complexity index is 1060. The van der Waals surface area contributed by atoms with Crippen LogP contribution in [0.2, 0.25) is 0 Å². The molecule has 0 radical (unpaired) electrons. The average molecular weight is 325 g/mol. The molecular formula is C21H25N3. The molecule has 3 heterocycles. The number of hydrogen-bond donors (Lipinski definition) is 0. The van der Waals surface area contributed by atoms with Gasteiger partial charge in [-0.05, 0) is 56.5 Å². The van der Waals surface area contributed by atoms with Crippen molar-refractivity contribution in [2.24, 2.45) is 0 Å². The Morgan fingerprint density at radius 2 is 2.21 bits per heavy atom. The van der Waals surface area contributed by atoms with Gasteiger partial charge in [0.2, 0.25) is 0 Å². The summed E-state index contributed by atoms with van der Waals surface area (Å²) < 4.78 is 48.0. The van der Waals surface area contributed by atoms with Crippen molar-refractivity contribution < 1.29 is 8.22 Å². The fraction of sp³-hybridized carbons (Fsp3) is 0.381. The Hall–Kier alpha value is -2.13. The van der Waals surface area contributed by atoms with E-state index in [2.05, 4.69) is 27.8 Å². The normalized spacial score (nSPS) is 19.7. The van der Waals surface area contributed by atoms with Crippen LogP contribution >= 0.6 is 0 Å². The van der Waals surface area contributed by atoms with Crippen LogP contribution in [0.25, 0.3) is 10.9 Å². The third-order valence-corrected chi connectivity index (χ3v) is 4.86. The number of aryl methyl sites for hydroxylation is 4. The third kappa shape index (κ3) is 2.73. The molecule has 1 aromatic carbocycles. The summed E-state index contributed by atoms with van der Waals surface area (Å²) in [5.41, 5.74) is 5.65. The van der Waals surface area contributed by atoms with Gasteiger partial charge in [0, 0.05) is 62.8 Å². The molecule has 3 aromatic rings. The summed E-state index contributed by atoms with van der Waals surface area (Å²) in [6, 6.07) is 9.73. The fourth-order valence-electron chi connectivity index (χ4n) is 3.63. The quantitative estimate of drug-likeness (QED) is 0.728. The zero-order chi connectivity index (χ0) is 21.7. The van der Waals surface area contributed by atoms with Gasteiger partial charge in [-0.15, -0.1) is 0 Å². The van der Waals surface area contributed by atoms with Crippen molar-refractivity contribution in [3.05, 3.63) is 64.6 Å². The highest BCUT2D eigenvalue weighted by Gasteiger charge is 2.22. The number of nitrogens with zero attached hydrogens (tertiary/aromatic N) is 3. The molecule has 0 unspecified atom stereocenters. The molecule has 0 saturated carbocycles. The molecule has 1 aliphatic heterocycles. The van der Waals surface area contributed by atoms with Crippen LogP contribution in [0.15, 0.2) is 36.5 Å². The van der Waals surface area contributed by atoms with Gasteiger partial charge in [0.1, 0.15) is 0 Å². The molecular weight excluding hydrogens is 294 g/mol. The smallest absolute Gasteiger partial charge is 0.0486 e. The molecule has 0 spiro atoms. The maximum absolute atomic E-state index is 7.78. The maximum atomic E-state index is 7.78. The van der Waals surface area contributed by atoms with Crippen LogP contribution in [0, 0.1) is 13.8 Å². The van der Waals surface area contributed by atoms with Gasteiger partial charge < -0.3 is 9.47 Å².